The molecule has 0 spiro atoms. The Kier molecular flexibility index (Phi) is 3.49. The zero-order valence-electron chi connectivity index (χ0n) is 7.20. The van der Waals surface area contributed by atoms with Crippen molar-refractivity contribution in [1.29, 1.82) is 0 Å². The van der Waals surface area contributed by atoms with E-state index >= 15 is 0 Å². The van der Waals surface area contributed by atoms with Crippen LogP contribution >= 0.6 is 11.6 Å². The summed E-state index contributed by atoms with van der Waals surface area (Å²) in [6, 6.07) is 4.21. The van der Waals surface area contributed by atoms with E-state index in [9.17, 15) is 8.42 Å². The quantitative estimate of drug-likeness (QED) is 0.804. The summed E-state index contributed by atoms with van der Waals surface area (Å²) in [7, 11) is -4.25. The Morgan fingerprint density at radius 2 is 2.07 bits per heavy atom. The minimum absolute atomic E-state index is 0.0597. The molecule has 6 heteroatoms. The van der Waals surface area contributed by atoms with E-state index in [-0.39, 0.29) is 22.9 Å². The van der Waals surface area contributed by atoms with Crippen molar-refractivity contribution in [1.82, 2.24) is 5.73 Å². The summed E-state index contributed by atoms with van der Waals surface area (Å²) in [5, 5.41) is 0.242. The SMILES string of the molecule is [NH]CCc1ccc(Cl)cc1S(=O)(=O)O. The first-order chi connectivity index (χ1) is 6.45. The van der Waals surface area contributed by atoms with Gasteiger partial charge in [0.25, 0.3) is 10.1 Å². The van der Waals surface area contributed by atoms with E-state index in [0.29, 0.717) is 5.56 Å². The molecule has 0 aliphatic heterocycles. The van der Waals surface area contributed by atoms with Crippen LogP contribution < -0.4 is 5.73 Å². The van der Waals surface area contributed by atoms with E-state index in [0.717, 1.165) is 0 Å². The molecule has 2 N–H and O–H groups in total. The van der Waals surface area contributed by atoms with Crippen LogP contribution in [0.3, 0.4) is 0 Å². The maximum Gasteiger partial charge on any atom is 0.294 e. The second kappa shape index (κ2) is 4.27. The van der Waals surface area contributed by atoms with Gasteiger partial charge in [0.15, 0.2) is 0 Å². The number of nitrogens with one attached hydrogen (secondary N) is 1. The largest absolute Gasteiger partial charge is 0.294 e. The van der Waals surface area contributed by atoms with Crippen molar-refractivity contribution < 1.29 is 13.0 Å². The molecule has 0 atom stereocenters. The third-order valence-corrected chi connectivity index (χ3v) is 2.87. The van der Waals surface area contributed by atoms with Crippen LogP contribution in [0.1, 0.15) is 5.56 Å². The highest BCUT2D eigenvalue weighted by Crippen LogP contribution is 2.20. The van der Waals surface area contributed by atoms with E-state index < -0.39 is 10.1 Å². The smallest absolute Gasteiger partial charge is 0.282 e. The number of hydrogen-bond acceptors (Lipinski definition) is 2. The van der Waals surface area contributed by atoms with Crippen LogP contribution in [0.4, 0.5) is 0 Å². The van der Waals surface area contributed by atoms with Crippen molar-refractivity contribution in [2.45, 2.75) is 11.3 Å². The zero-order chi connectivity index (χ0) is 10.8. The molecule has 4 nitrogen and oxygen atoms in total. The Morgan fingerprint density at radius 1 is 1.43 bits per heavy atom. The van der Waals surface area contributed by atoms with Gasteiger partial charge in [-0.2, -0.15) is 8.42 Å². The van der Waals surface area contributed by atoms with Crippen molar-refractivity contribution in [2.75, 3.05) is 6.54 Å². The highest BCUT2D eigenvalue weighted by atomic mass is 35.5. The number of benzene rings is 1. The molecule has 1 rings (SSSR count). The van der Waals surface area contributed by atoms with Gasteiger partial charge < -0.3 is 0 Å². The average Bonchev–Trinajstić information content (AvgIpc) is 2.07. The summed E-state index contributed by atoms with van der Waals surface area (Å²) in [5.74, 6) is 0. The minimum atomic E-state index is -4.25. The summed E-state index contributed by atoms with van der Waals surface area (Å²) >= 11 is 5.60. The first kappa shape index (κ1) is 11.5. The lowest BCUT2D eigenvalue weighted by Crippen LogP contribution is -2.05. The van der Waals surface area contributed by atoms with Gasteiger partial charge in [-0.05, 0) is 24.1 Å². The van der Waals surface area contributed by atoms with Crippen molar-refractivity contribution in [3.8, 4) is 0 Å². The molecule has 0 saturated heterocycles. The van der Waals surface area contributed by atoms with E-state index in [1.165, 1.54) is 18.2 Å². The Bertz CT molecular complexity index is 430. The summed E-state index contributed by atoms with van der Waals surface area (Å²) in [6.07, 6.45) is 0.270. The fourth-order valence-corrected chi connectivity index (χ4v) is 2.12. The van der Waals surface area contributed by atoms with Gasteiger partial charge in [-0.3, -0.25) is 10.3 Å². The predicted octanol–water partition coefficient (Wildman–Crippen LogP) is 1.41. The molecule has 0 unspecified atom stereocenters. The monoisotopic (exact) mass is 234 g/mol. The second-order valence-electron chi connectivity index (χ2n) is 2.73. The van der Waals surface area contributed by atoms with Crippen LogP contribution in [0.5, 0.6) is 0 Å². The van der Waals surface area contributed by atoms with Crippen LogP contribution in [0.25, 0.3) is 0 Å². The number of hydrogen-bond donors (Lipinski definition) is 1. The van der Waals surface area contributed by atoms with Crippen molar-refractivity contribution >= 4 is 21.7 Å². The molecule has 0 aromatic heterocycles. The molecule has 0 saturated carbocycles. The van der Waals surface area contributed by atoms with Crippen molar-refractivity contribution in [3.05, 3.63) is 28.8 Å². The van der Waals surface area contributed by atoms with Crippen molar-refractivity contribution in [2.24, 2.45) is 0 Å². The highest BCUT2D eigenvalue weighted by Gasteiger charge is 2.15. The minimum Gasteiger partial charge on any atom is -0.282 e. The average molecular weight is 235 g/mol. The first-order valence-electron chi connectivity index (χ1n) is 3.85. The van der Waals surface area contributed by atoms with Gasteiger partial charge in [0.05, 0.1) is 4.90 Å². The predicted molar refractivity (Wildman–Crippen MR) is 52.9 cm³/mol. The van der Waals surface area contributed by atoms with E-state index in [1.54, 1.807) is 0 Å². The molecule has 0 amide bonds. The van der Waals surface area contributed by atoms with Gasteiger partial charge in [-0.25, -0.2) is 0 Å². The maximum absolute atomic E-state index is 10.9. The summed E-state index contributed by atoms with van der Waals surface area (Å²) in [4.78, 5) is -0.211. The van der Waals surface area contributed by atoms with Crippen LogP contribution in [-0.4, -0.2) is 19.5 Å². The molecule has 0 aliphatic rings. The summed E-state index contributed by atoms with van der Waals surface area (Å²) in [6.45, 7) is 0.0597. The number of rotatable bonds is 3. The lowest BCUT2D eigenvalue weighted by atomic mass is 10.1. The van der Waals surface area contributed by atoms with Gasteiger partial charge in [-0.15, -0.1) is 0 Å². The Labute approximate surface area is 87.4 Å². The molecular formula is C8H9ClNO3S. The normalized spacial score (nSPS) is 11.6. The first-order valence-corrected chi connectivity index (χ1v) is 5.67. The van der Waals surface area contributed by atoms with E-state index in [4.69, 9.17) is 21.9 Å². The standard InChI is InChI=1S/C8H9ClNO3S/c9-7-2-1-6(3-4-10)8(5-7)14(11,12)13/h1-2,5,10H,3-4H2,(H,11,12,13). The van der Waals surface area contributed by atoms with E-state index in [2.05, 4.69) is 0 Å². The van der Waals surface area contributed by atoms with Crippen LogP contribution in [0.15, 0.2) is 23.1 Å². The molecule has 77 valence electrons. The maximum atomic E-state index is 10.9. The van der Waals surface area contributed by atoms with Crippen LogP contribution in [-0.2, 0) is 16.5 Å². The highest BCUT2D eigenvalue weighted by molar-refractivity contribution is 7.85. The molecule has 0 fully saturated rings. The molecule has 1 aromatic carbocycles. The molecular weight excluding hydrogens is 226 g/mol. The summed E-state index contributed by atoms with van der Waals surface area (Å²) < 4.78 is 30.7. The molecule has 14 heavy (non-hydrogen) atoms. The second-order valence-corrected chi connectivity index (χ2v) is 4.55. The fourth-order valence-electron chi connectivity index (χ4n) is 1.11. The third-order valence-electron chi connectivity index (χ3n) is 1.70. The van der Waals surface area contributed by atoms with Gasteiger partial charge >= 0.3 is 0 Å². The molecule has 1 aromatic rings. The van der Waals surface area contributed by atoms with Gasteiger partial charge in [0.1, 0.15) is 0 Å². The summed E-state index contributed by atoms with van der Waals surface area (Å²) in [5.41, 5.74) is 7.39. The fraction of sp³-hybridized carbons (Fsp3) is 0.250. The van der Waals surface area contributed by atoms with Crippen LogP contribution in [0.2, 0.25) is 5.02 Å². The lowest BCUT2D eigenvalue weighted by Gasteiger charge is -2.05. The Balaban J connectivity index is 3.30. The van der Waals surface area contributed by atoms with Gasteiger partial charge in [0, 0.05) is 11.6 Å². The van der Waals surface area contributed by atoms with E-state index in [1.807, 2.05) is 0 Å². The number of halogens is 1. The third kappa shape index (κ3) is 2.68. The van der Waals surface area contributed by atoms with Crippen LogP contribution in [0, 0.1) is 0 Å². The Hall–Kier alpha value is -0.620. The molecule has 1 radical (unpaired) electrons. The topological polar surface area (TPSA) is 78.2 Å². The lowest BCUT2D eigenvalue weighted by molar-refractivity contribution is 0.482. The van der Waals surface area contributed by atoms with Crippen molar-refractivity contribution in [3.63, 3.8) is 0 Å². The molecule has 0 aliphatic carbocycles. The molecule has 0 bridgehead atoms. The van der Waals surface area contributed by atoms with Gasteiger partial charge in [0.2, 0.25) is 0 Å². The zero-order valence-corrected chi connectivity index (χ0v) is 8.77. The van der Waals surface area contributed by atoms with Gasteiger partial charge in [-0.1, -0.05) is 17.7 Å². The molecule has 0 heterocycles. The Morgan fingerprint density at radius 3 is 2.57 bits per heavy atom.